The summed E-state index contributed by atoms with van der Waals surface area (Å²) in [5, 5.41) is 11.4. The third-order valence-corrected chi connectivity index (χ3v) is 2.92. The fourth-order valence-corrected chi connectivity index (χ4v) is 1.88. The number of nitrogens with two attached hydrogens (primary N) is 1. The second-order valence-electron chi connectivity index (χ2n) is 4.39. The molecular formula is C11H19N3O4. The molecule has 102 valence electrons. The maximum Gasteiger partial charge on any atom is 0.326 e. The summed E-state index contributed by atoms with van der Waals surface area (Å²) < 4.78 is 0. The van der Waals surface area contributed by atoms with Gasteiger partial charge in [0.1, 0.15) is 6.04 Å². The minimum Gasteiger partial charge on any atom is -0.480 e. The summed E-state index contributed by atoms with van der Waals surface area (Å²) in [5.41, 5.74) is 4.96. The molecule has 0 aromatic rings. The van der Waals surface area contributed by atoms with Crippen LogP contribution >= 0.6 is 0 Å². The zero-order chi connectivity index (χ0) is 13.5. The van der Waals surface area contributed by atoms with Crippen molar-refractivity contribution in [3.05, 3.63) is 0 Å². The Bertz CT molecular complexity index is 326. The van der Waals surface area contributed by atoms with Crippen molar-refractivity contribution in [3.8, 4) is 0 Å². The molecule has 7 nitrogen and oxygen atoms in total. The Morgan fingerprint density at radius 1 is 1.22 bits per heavy atom. The number of urea groups is 1. The molecule has 0 saturated carbocycles. The Labute approximate surface area is 105 Å². The maximum atomic E-state index is 11.8. The molecule has 4 N–H and O–H groups in total. The van der Waals surface area contributed by atoms with Crippen molar-refractivity contribution in [2.45, 2.75) is 38.1 Å². The number of hydrogen-bond acceptors (Lipinski definition) is 3. The fraction of sp³-hybridized carbons (Fsp3) is 0.727. The van der Waals surface area contributed by atoms with Crippen molar-refractivity contribution in [1.82, 2.24) is 10.2 Å². The topological polar surface area (TPSA) is 113 Å². The van der Waals surface area contributed by atoms with Crippen molar-refractivity contribution < 1.29 is 19.5 Å². The molecule has 18 heavy (non-hydrogen) atoms. The van der Waals surface area contributed by atoms with Gasteiger partial charge in [-0.05, 0) is 25.7 Å². The molecule has 7 heteroatoms. The molecule has 3 amide bonds. The van der Waals surface area contributed by atoms with E-state index in [-0.39, 0.29) is 18.9 Å². The van der Waals surface area contributed by atoms with Crippen molar-refractivity contribution in [1.29, 1.82) is 0 Å². The largest absolute Gasteiger partial charge is 0.480 e. The molecule has 0 radical (unpaired) electrons. The van der Waals surface area contributed by atoms with Crippen LogP contribution in [-0.4, -0.2) is 47.0 Å². The van der Waals surface area contributed by atoms with Crippen LogP contribution in [0, 0.1) is 0 Å². The Morgan fingerprint density at radius 2 is 1.83 bits per heavy atom. The molecular weight excluding hydrogens is 238 g/mol. The maximum absolute atomic E-state index is 11.8. The summed E-state index contributed by atoms with van der Waals surface area (Å²) in [6.45, 7) is 1.29. The summed E-state index contributed by atoms with van der Waals surface area (Å²) in [7, 11) is 0. The van der Waals surface area contributed by atoms with E-state index >= 15 is 0 Å². The number of carboxylic acids is 1. The molecule has 1 atom stereocenters. The number of carbonyl (C=O) groups excluding carboxylic acids is 2. The molecule has 1 saturated heterocycles. The zero-order valence-corrected chi connectivity index (χ0v) is 10.2. The van der Waals surface area contributed by atoms with Crippen LogP contribution in [0.2, 0.25) is 0 Å². The van der Waals surface area contributed by atoms with E-state index in [0.717, 1.165) is 19.3 Å². The van der Waals surface area contributed by atoms with Gasteiger partial charge in [0.15, 0.2) is 0 Å². The number of carboxylic acid groups (broad SMARTS) is 1. The fourth-order valence-electron chi connectivity index (χ4n) is 1.88. The van der Waals surface area contributed by atoms with Crippen LogP contribution in [0.1, 0.15) is 32.1 Å². The summed E-state index contributed by atoms with van der Waals surface area (Å²) in [5.74, 6) is -1.73. The summed E-state index contributed by atoms with van der Waals surface area (Å²) in [6.07, 6.45) is 2.92. The monoisotopic (exact) mass is 257 g/mol. The Morgan fingerprint density at radius 3 is 2.33 bits per heavy atom. The summed E-state index contributed by atoms with van der Waals surface area (Å²) in [6, 6.07) is -1.45. The predicted molar refractivity (Wildman–Crippen MR) is 63.8 cm³/mol. The number of hydrogen-bond donors (Lipinski definition) is 3. The Balaban J connectivity index is 2.46. The number of aliphatic carboxylic acids is 1. The normalized spacial score (nSPS) is 17.0. The van der Waals surface area contributed by atoms with E-state index in [1.165, 1.54) is 0 Å². The van der Waals surface area contributed by atoms with Gasteiger partial charge in [-0.25, -0.2) is 9.59 Å². The third-order valence-electron chi connectivity index (χ3n) is 2.92. The SMILES string of the molecule is NC(=O)CCC(NC(=O)N1CCCCC1)C(=O)O. The van der Waals surface area contributed by atoms with Gasteiger partial charge in [0.2, 0.25) is 5.91 Å². The van der Waals surface area contributed by atoms with Gasteiger partial charge in [-0.1, -0.05) is 0 Å². The first-order chi connectivity index (χ1) is 8.50. The molecule has 1 rings (SSSR count). The van der Waals surface area contributed by atoms with E-state index in [1.54, 1.807) is 4.90 Å². The molecule has 0 spiro atoms. The average molecular weight is 257 g/mol. The molecule has 1 aliphatic rings. The number of amides is 3. The van der Waals surface area contributed by atoms with E-state index < -0.39 is 17.9 Å². The highest BCUT2D eigenvalue weighted by atomic mass is 16.4. The number of nitrogens with zero attached hydrogens (tertiary/aromatic N) is 1. The highest BCUT2D eigenvalue weighted by Gasteiger charge is 2.24. The molecule has 0 bridgehead atoms. The number of likely N-dealkylation sites (tertiary alicyclic amines) is 1. The van der Waals surface area contributed by atoms with Crippen LogP contribution < -0.4 is 11.1 Å². The number of nitrogens with one attached hydrogen (secondary N) is 1. The van der Waals surface area contributed by atoms with E-state index in [2.05, 4.69) is 5.32 Å². The molecule has 1 unspecified atom stereocenters. The van der Waals surface area contributed by atoms with Crippen LogP contribution in [0.4, 0.5) is 4.79 Å². The second-order valence-corrected chi connectivity index (χ2v) is 4.39. The third kappa shape index (κ3) is 4.60. The molecule has 0 aromatic heterocycles. The van der Waals surface area contributed by atoms with E-state index in [1.807, 2.05) is 0 Å². The number of piperidine rings is 1. The van der Waals surface area contributed by atoms with Crippen LogP contribution in [0.3, 0.4) is 0 Å². The van der Waals surface area contributed by atoms with Gasteiger partial charge in [0.25, 0.3) is 0 Å². The van der Waals surface area contributed by atoms with Crippen molar-refractivity contribution in [2.75, 3.05) is 13.1 Å². The second kappa shape index (κ2) is 6.83. The summed E-state index contributed by atoms with van der Waals surface area (Å²) >= 11 is 0. The first-order valence-electron chi connectivity index (χ1n) is 6.07. The highest BCUT2D eigenvalue weighted by Crippen LogP contribution is 2.09. The molecule has 0 aliphatic carbocycles. The van der Waals surface area contributed by atoms with Crippen molar-refractivity contribution >= 4 is 17.9 Å². The minimum atomic E-state index is -1.15. The average Bonchev–Trinajstić information content (AvgIpc) is 2.34. The van der Waals surface area contributed by atoms with Crippen LogP contribution in [0.15, 0.2) is 0 Å². The Kier molecular flexibility index (Phi) is 5.41. The molecule has 1 heterocycles. The van der Waals surface area contributed by atoms with Crippen LogP contribution in [0.25, 0.3) is 0 Å². The number of rotatable bonds is 5. The lowest BCUT2D eigenvalue weighted by atomic mass is 10.1. The lowest BCUT2D eigenvalue weighted by Crippen LogP contribution is -2.49. The van der Waals surface area contributed by atoms with E-state index in [4.69, 9.17) is 10.8 Å². The predicted octanol–water partition coefficient (Wildman–Crippen LogP) is -0.0994. The zero-order valence-electron chi connectivity index (χ0n) is 10.2. The van der Waals surface area contributed by atoms with Gasteiger partial charge in [-0.2, -0.15) is 0 Å². The number of primary amides is 1. The van der Waals surface area contributed by atoms with Gasteiger partial charge in [0, 0.05) is 19.5 Å². The van der Waals surface area contributed by atoms with Gasteiger partial charge >= 0.3 is 12.0 Å². The molecule has 1 aliphatic heterocycles. The van der Waals surface area contributed by atoms with E-state index in [9.17, 15) is 14.4 Å². The minimum absolute atomic E-state index is 0.0181. The van der Waals surface area contributed by atoms with Crippen molar-refractivity contribution in [3.63, 3.8) is 0 Å². The lowest BCUT2D eigenvalue weighted by molar-refractivity contribution is -0.139. The van der Waals surface area contributed by atoms with E-state index in [0.29, 0.717) is 13.1 Å². The van der Waals surface area contributed by atoms with Crippen LogP contribution in [-0.2, 0) is 9.59 Å². The van der Waals surface area contributed by atoms with Gasteiger partial charge < -0.3 is 21.1 Å². The molecule has 0 aromatic carbocycles. The Hall–Kier alpha value is -1.79. The van der Waals surface area contributed by atoms with Crippen molar-refractivity contribution in [2.24, 2.45) is 5.73 Å². The van der Waals surface area contributed by atoms with Gasteiger partial charge in [-0.15, -0.1) is 0 Å². The highest BCUT2D eigenvalue weighted by molar-refractivity contribution is 5.83. The van der Waals surface area contributed by atoms with Crippen LogP contribution in [0.5, 0.6) is 0 Å². The molecule has 1 fully saturated rings. The smallest absolute Gasteiger partial charge is 0.326 e. The first kappa shape index (κ1) is 14.3. The number of carbonyl (C=O) groups is 3. The lowest BCUT2D eigenvalue weighted by Gasteiger charge is -2.28. The first-order valence-corrected chi connectivity index (χ1v) is 6.07. The van der Waals surface area contributed by atoms with Gasteiger partial charge in [0.05, 0.1) is 0 Å². The van der Waals surface area contributed by atoms with Gasteiger partial charge in [-0.3, -0.25) is 4.79 Å². The quantitative estimate of drug-likeness (QED) is 0.638. The standard InChI is InChI=1S/C11H19N3O4/c12-9(15)5-4-8(10(16)17)13-11(18)14-6-2-1-3-7-14/h8H,1-7H2,(H2,12,15)(H,13,18)(H,16,17). The summed E-state index contributed by atoms with van der Waals surface area (Å²) in [4.78, 5) is 35.0.